The van der Waals surface area contributed by atoms with Crippen molar-refractivity contribution in [1.82, 2.24) is 14.5 Å². The van der Waals surface area contributed by atoms with Crippen LogP contribution >= 0.6 is 12.4 Å². The van der Waals surface area contributed by atoms with Crippen LogP contribution in [0.1, 0.15) is 26.2 Å². The highest BCUT2D eigenvalue weighted by Crippen LogP contribution is 2.23. The molecule has 6 nitrogen and oxygen atoms in total. The number of ether oxygens (including phenoxy) is 1. The fourth-order valence-corrected chi connectivity index (χ4v) is 5.29. The average molecular weight is 404 g/mol. The van der Waals surface area contributed by atoms with Gasteiger partial charge < -0.3 is 15.0 Å². The lowest BCUT2D eigenvalue weighted by molar-refractivity contribution is 0.265. The zero-order valence-corrected chi connectivity index (χ0v) is 17.0. The second-order valence-corrected chi connectivity index (χ2v) is 8.61. The van der Waals surface area contributed by atoms with Crippen LogP contribution in [0.15, 0.2) is 29.2 Å². The molecule has 3 rings (SSSR count). The van der Waals surface area contributed by atoms with Crippen molar-refractivity contribution >= 4 is 22.4 Å². The Hall–Kier alpha value is -0.860. The topological polar surface area (TPSA) is 61.9 Å². The summed E-state index contributed by atoms with van der Waals surface area (Å²) in [5, 5.41) is 3.29. The molecule has 2 fully saturated rings. The fraction of sp³-hybridized carbons (Fsp3) is 0.667. The van der Waals surface area contributed by atoms with Crippen LogP contribution in [0.25, 0.3) is 0 Å². The van der Waals surface area contributed by atoms with Gasteiger partial charge in [0.1, 0.15) is 5.75 Å². The lowest BCUT2D eigenvalue weighted by Gasteiger charge is -2.29. The Balaban J connectivity index is 0.00000243. The number of nitrogens with one attached hydrogen (secondary N) is 1. The van der Waals surface area contributed by atoms with E-state index >= 15 is 0 Å². The Kier molecular flexibility index (Phi) is 8.16. The first kappa shape index (κ1) is 21.4. The van der Waals surface area contributed by atoms with Gasteiger partial charge in [-0.2, -0.15) is 4.31 Å². The number of hydrogen-bond donors (Lipinski definition) is 1. The third kappa shape index (κ3) is 5.10. The molecule has 2 heterocycles. The van der Waals surface area contributed by atoms with Crippen molar-refractivity contribution in [1.29, 1.82) is 0 Å². The third-order valence-corrected chi connectivity index (χ3v) is 6.98. The predicted molar refractivity (Wildman–Crippen MR) is 106 cm³/mol. The van der Waals surface area contributed by atoms with E-state index in [1.165, 1.54) is 12.8 Å². The van der Waals surface area contributed by atoms with Crippen molar-refractivity contribution in [3.8, 4) is 5.75 Å². The lowest BCUT2D eigenvalue weighted by Crippen LogP contribution is -2.45. The molecule has 148 valence electrons. The number of likely N-dealkylation sites (tertiary alicyclic amines) is 1. The highest BCUT2D eigenvalue weighted by Gasteiger charge is 2.33. The zero-order chi connectivity index (χ0) is 17.7. The first-order valence-corrected chi connectivity index (χ1v) is 10.7. The molecule has 0 aliphatic carbocycles. The molecule has 1 unspecified atom stereocenters. The van der Waals surface area contributed by atoms with E-state index in [9.17, 15) is 8.42 Å². The molecule has 0 amide bonds. The van der Waals surface area contributed by atoms with Crippen molar-refractivity contribution in [2.45, 2.75) is 37.1 Å². The van der Waals surface area contributed by atoms with Gasteiger partial charge in [-0.05, 0) is 70.1 Å². The van der Waals surface area contributed by atoms with Crippen molar-refractivity contribution < 1.29 is 13.2 Å². The molecule has 8 heteroatoms. The van der Waals surface area contributed by atoms with Gasteiger partial charge in [-0.3, -0.25) is 0 Å². The van der Waals surface area contributed by atoms with Crippen LogP contribution in [-0.4, -0.2) is 69.5 Å². The summed E-state index contributed by atoms with van der Waals surface area (Å²) in [5.41, 5.74) is 0. The predicted octanol–water partition coefficient (Wildman–Crippen LogP) is 1.96. The summed E-state index contributed by atoms with van der Waals surface area (Å²) in [6.07, 6.45) is 3.31. The van der Waals surface area contributed by atoms with E-state index in [0.717, 1.165) is 39.1 Å². The van der Waals surface area contributed by atoms with Crippen LogP contribution in [0.4, 0.5) is 0 Å². The maximum absolute atomic E-state index is 13.2. The second kappa shape index (κ2) is 9.90. The monoisotopic (exact) mass is 403 g/mol. The summed E-state index contributed by atoms with van der Waals surface area (Å²) in [7, 11) is -3.50. The van der Waals surface area contributed by atoms with Gasteiger partial charge in [0.05, 0.1) is 11.5 Å². The van der Waals surface area contributed by atoms with Gasteiger partial charge >= 0.3 is 0 Å². The molecule has 0 bridgehead atoms. The van der Waals surface area contributed by atoms with E-state index in [2.05, 4.69) is 10.2 Å². The Labute approximate surface area is 163 Å². The van der Waals surface area contributed by atoms with E-state index in [4.69, 9.17) is 4.74 Å². The Morgan fingerprint density at radius 3 is 2.50 bits per heavy atom. The first-order valence-electron chi connectivity index (χ1n) is 9.29. The Morgan fingerprint density at radius 1 is 1.23 bits per heavy atom. The normalized spacial score (nSPS) is 21.1. The van der Waals surface area contributed by atoms with Crippen LogP contribution < -0.4 is 10.1 Å². The van der Waals surface area contributed by atoms with Crippen molar-refractivity contribution in [2.75, 3.05) is 45.9 Å². The largest absolute Gasteiger partial charge is 0.494 e. The Morgan fingerprint density at radius 2 is 1.92 bits per heavy atom. The molecule has 1 aromatic rings. The number of hydrogen-bond acceptors (Lipinski definition) is 5. The molecule has 26 heavy (non-hydrogen) atoms. The van der Waals surface area contributed by atoms with E-state index in [1.807, 2.05) is 6.92 Å². The third-order valence-electron chi connectivity index (χ3n) is 5.02. The SMILES string of the molecule is CCOc1ccc(S(=O)(=O)N(CCN2CCCC2)C2CCNC2)cc1.Cl. The maximum Gasteiger partial charge on any atom is 0.243 e. The van der Waals surface area contributed by atoms with Crippen LogP contribution in [0, 0.1) is 0 Å². The minimum Gasteiger partial charge on any atom is -0.494 e. The average Bonchev–Trinajstić information content (AvgIpc) is 3.29. The minimum atomic E-state index is -3.50. The number of benzene rings is 1. The molecule has 0 radical (unpaired) electrons. The summed E-state index contributed by atoms with van der Waals surface area (Å²) >= 11 is 0. The summed E-state index contributed by atoms with van der Waals surface area (Å²) in [4.78, 5) is 2.72. The molecule has 0 saturated carbocycles. The van der Waals surface area contributed by atoms with Gasteiger partial charge in [0.15, 0.2) is 0 Å². The zero-order valence-electron chi connectivity index (χ0n) is 15.4. The number of sulfonamides is 1. The molecular formula is C18H30ClN3O3S. The summed E-state index contributed by atoms with van der Waals surface area (Å²) in [6, 6.07) is 6.83. The summed E-state index contributed by atoms with van der Waals surface area (Å²) in [5.74, 6) is 0.701. The van der Waals surface area contributed by atoms with Crippen molar-refractivity contribution in [3.05, 3.63) is 24.3 Å². The standard InChI is InChI=1S/C18H29N3O3S.ClH/c1-2-24-17-5-7-18(8-6-17)25(22,23)21(16-9-10-19-15-16)14-13-20-11-3-4-12-20;/h5-8,16,19H,2-4,9-15H2,1H3;1H. The molecule has 0 aromatic heterocycles. The molecule has 2 aliphatic rings. The molecule has 1 atom stereocenters. The maximum atomic E-state index is 13.2. The number of halogens is 1. The van der Waals surface area contributed by atoms with E-state index in [0.29, 0.717) is 23.8 Å². The quantitative estimate of drug-likeness (QED) is 0.718. The van der Waals surface area contributed by atoms with Crippen LogP contribution in [0.3, 0.4) is 0 Å². The molecular weight excluding hydrogens is 374 g/mol. The molecule has 1 aromatic carbocycles. The molecule has 0 spiro atoms. The van der Waals surface area contributed by atoms with Gasteiger partial charge in [0.25, 0.3) is 0 Å². The molecule has 2 aliphatic heterocycles. The smallest absolute Gasteiger partial charge is 0.243 e. The highest BCUT2D eigenvalue weighted by molar-refractivity contribution is 7.89. The Bertz CT molecular complexity index is 642. The molecule has 2 saturated heterocycles. The number of nitrogens with zero attached hydrogens (tertiary/aromatic N) is 2. The lowest BCUT2D eigenvalue weighted by atomic mass is 10.2. The summed E-state index contributed by atoms with van der Waals surface area (Å²) in [6.45, 7) is 7.63. The van der Waals surface area contributed by atoms with Crippen LogP contribution in [-0.2, 0) is 10.0 Å². The van der Waals surface area contributed by atoms with Crippen LogP contribution in [0.5, 0.6) is 5.75 Å². The van der Waals surface area contributed by atoms with E-state index in [-0.39, 0.29) is 18.4 Å². The van der Waals surface area contributed by atoms with E-state index < -0.39 is 10.0 Å². The second-order valence-electron chi connectivity index (χ2n) is 6.72. The minimum absolute atomic E-state index is 0. The van der Waals surface area contributed by atoms with Gasteiger partial charge in [-0.1, -0.05) is 0 Å². The number of rotatable bonds is 8. The van der Waals surface area contributed by atoms with E-state index in [1.54, 1.807) is 28.6 Å². The van der Waals surface area contributed by atoms with Gasteiger partial charge in [0.2, 0.25) is 10.0 Å². The van der Waals surface area contributed by atoms with Crippen molar-refractivity contribution in [2.24, 2.45) is 0 Å². The van der Waals surface area contributed by atoms with Crippen LogP contribution in [0.2, 0.25) is 0 Å². The highest BCUT2D eigenvalue weighted by atomic mass is 35.5. The fourth-order valence-electron chi connectivity index (χ4n) is 3.64. The first-order chi connectivity index (χ1) is 12.1. The van der Waals surface area contributed by atoms with Crippen molar-refractivity contribution in [3.63, 3.8) is 0 Å². The summed E-state index contributed by atoms with van der Waals surface area (Å²) < 4.78 is 33.6. The van der Waals surface area contributed by atoms with Gasteiger partial charge in [-0.25, -0.2) is 8.42 Å². The van der Waals surface area contributed by atoms with Gasteiger partial charge in [-0.15, -0.1) is 12.4 Å². The van der Waals surface area contributed by atoms with Gasteiger partial charge in [0, 0.05) is 25.7 Å². The molecule has 1 N–H and O–H groups in total.